The summed E-state index contributed by atoms with van der Waals surface area (Å²) < 4.78 is 27.8. The maximum Gasteiger partial charge on any atom is 0.136 e. The molecule has 0 saturated carbocycles. The summed E-state index contributed by atoms with van der Waals surface area (Å²) in [5.74, 6) is 31.0. The average molecular weight is 1940 g/mol. The van der Waals surface area contributed by atoms with Crippen LogP contribution in [0.1, 0.15) is 472 Å². The number of nitrogens with zero attached hydrogens (tertiary/aromatic N) is 6. The predicted molar refractivity (Wildman–Crippen MR) is 611 cm³/mol. The van der Waals surface area contributed by atoms with Crippen LogP contribution in [-0.2, 0) is 0 Å². The number of ether oxygens (including phenoxy) is 4. The lowest BCUT2D eigenvalue weighted by Crippen LogP contribution is -2.03. The summed E-state index contributed by atoms with van der Waals surface area (Å²) in [6.45, 7) is 11.5. The molecule has 0 radical (unpaired) electrons. The largest absolute Gasteiger partial charge is 0.492 e. The Balaban J connectivity index is 0.937. The van der Waals surface area contributed by atoms with E-state index in [2.05, 4.69) is 172 Å². The summed E-state index contributed by atoms with van der Waals surface area (Å²) in [5.41, 5.74) is 15.2. The Kier molecular flexibility index (Phi) is 60.7. The van der Waals surface area contributed by atoms with Gasteiger partial charge in [0.1, 0.15) is 23.0 Å². The molecule has 144 heavy (non-hydrogen) atoms. The third-order valence-corrected chi connectivity index (χ3v) is 28.1. The van der Waals surface area contributed by atoms with Crippen LogP contribution in [0.25, 0.3) is 67.8 Å². The Bertz CT molecular complexity index is 4850. The minimum absolute atomic E-state index is 0.558. The van der Waals surface area contributed by atoms with Gasteiger partial charge in [0.15, 0.2) is 0 Å². The second-order valence-electron chi connectivity index (χ2n) is 40.6. The molecule has 0 saturated heterocycles. The van der Waals surface area contributed by atoms with Gasteiger partial charge in [-0.2, -0.15) is 0 Å². The molecular formula is C134H180N6O4. The van der Waals surface area contributed by atoms with Gasteiger partial charge >= 0.3 is 0 Å². The molecule has 10 nitrogen and oxygen atoms in total. The van der Waals surface area contributed by atoms with E-state index in [1.807, 2.05) is 97.6 Å². The smallest absolute Gasteiger partial charge is 0.136 e. The fourth-order valence-electron chi connectivity index (χ4n) is 19.3. The molecule has 10 rings (SSSR count). The SMILES string of the molecule is CCCCCCCCCCCCCCCCCCOc1cc(C#Cc2ccc(-c3cc(-c4ccccn4)nc(-c4ccccn4)c3)cc2)c(OCCCCCCCCCCCCCCCCCC)cc1C#CC#Cc1cc(OCCCCCCCCCCCCCCCCCC)c(C#Cc2ccc(-c3cc(-c4ccccn4)nc(-c4ccccn4)c3)cc2)cc1OCCCCCCCCCCCCCCCCCC. The predicted octanol–water partition coefficient (Wildman–Crippen LogP) is 38.8. The zero-order valence-corrected chi connectivity index (χ0v) is 89.9. The molecule has 770 valence electrons. The van der Waals surface area contributed by atoms with Crippen molar-refractivity contribution in [1.29, 1.82) is 0 Å². The highest BCUT2D eigenvalue weighted by Crippen LogP contribution is 2.36. The van der Waals surface area contributed by atoms with Crippen LogP contribution in [0.2, 0.25) is 0 Å². The van der Waals surface area contributed by atoms with Crippen LogP contribution in [0.4, 0.5) is 0 Å². The first-order valence-electron chi connectivity index (χ1n) is 58.3. The minimum Gasteiger partial charge on any atom is -0.492 e. The summed E-state index contributed by atoms with van der Waals surface area (Å²) in [7, 11) is 0. The summed E-state index contributed by atoms with van der Waals surface area (Å²) >= 11 is 0. The van der Waals surface area contributed by atoms with Gasteiger partial charge in [-0.15, -0.1) is 0 Å². The molecule has 0 aliphatic carbocycles. The topological polar surface area (TPSA) is 114 Å². The van der Waals surface area contributed by atoms with Gasteiger partial charge in [-0.05, 0) is 169 Å². The van der Waals surface area contributed by atoms with Crippen molar-refractivity contribution in [3.63, 3.8) is 0 Å². The van der Waals surface area contributed by atoms with E-state index < -0.39 is 0 Å². The van der Waals surface area contributed by atoms with Gasteiger partial charge < -0.3 is 18.9 Å². The molecule has 0 bridgehead atoms. The van der Waals surface area contributed by atoms with Crippen molar-refractivity contribution in [3.05, 3.63) is 228 Å². The van der Waals surface area contributed by atoms with E-state index in [0.717, 1.165) is 153 Å². The molecule has 10 aromatic rings. The van der Waals surface area contributed by atoms with Gasteiger partial charge in [0.25, 0.3) is 0 Å². The first-order chi connectivity index (χ1) is 71.4. The van der Waals surface area contributed by atoms with E-state index >= 15 is 0 Å². The molecule has 0 fully saturated rings. The molecule has 0 spiro atoms. The standard InChI is InChI=1S/C134H180N6O4/c1-5-9-13-17-21-25-29-33-37-41-45-49-53-57-61-75-101-141-131-111-119(95-89-113-85-91-115(92-86-113)121-105-127(123-81-67-71-97-135-123)139-128(106-121)124-82-68-72-98-136-124)133(143-103-77-63-59-55-51-47-43-39-35-31-27-23-19-15-11-7-3)109-117(131)79-65-66-80-118-110-134(144-104-78-64-60-56-52-48-44-40-36-32-28-24-20-16-12-8-4)120(112-132(118)142-102-76-62-58-54-50-46-42-38-34-30-26-22-18-14-10-6-2)96-90-114-87-93-116(94-88-114)122-107-129(125-83-69-73-99-137-125)140-130(108-122)126-84-70-74-100-138-126/h67-74,81-88,91-94,97-100,105-112H,5-64,75-78,101-104H2,1-4H3. The first-order valence-corrected chi connectivity index (χ1v) is 58.3. The average Bonchev–Trinajstić information content (AvgIpc) is 0.748. The van der Waals surface area contributed by atoms with Crippen molar-refractivity contribution in [3.8, 4) is 138 Å². The summed E-state index contributed by atoms with van der Waals surface area (Å²) in [6.07, 6.45) is 90.8. The van der Waals surface area contributed by atoms with E-state index in [4.69, 9.17) is 48.9 Å². The Morgan fingerprint density at radius 3 is 0.549 bits per heavy atom. The molecule has 6 aromatic heterocycles. The number of pyridine rings is 6. The molecule has 0 aliphatic rings. The normalized spacial score (nSPS) is 11.1. The molecule has 0 N–H and O–H groups in total. The van der Waals surface area contributed by atoms with Crippen molar-refractivity contribution in [2.24, 2.45) is 0 Å². The first kappa shape index (κ1) is 115. The fourth-order valence-corrected chi connectivity index (χ4v) is 19.3. The van der Waals surface area contributed by atoms with Crippen LogP contribution in [0.15, 0.2) is 195 Å². The van der Waals surface area contributed by atoms with E-state index in [9.17, 15) is 0 Å². The number of hydrogen-bond acceptors (Lipinski definition) is 10. The number of hydrogen-bond donors (Lipinski definition) is 0. The summed E-state index contributed by atoms with van der Waals surface area (Å²) in [6, 6.07) is 57.5. The molecule has 0 atom stereocenters. The number of unbranched alkanes of at least 4 members (excludes halogenated alkanes) is 60. The third kappa shape index (κ3) is 48.5. The van der Waals surface area contributed by atoms with Crippen molar-refractivity contribution < 1.29 is 18.9 Å². The maximum absolute atomic E-state index is 6.96. The second-order valence-corrected chi connectivity index (χ2v) is 40.6. The minimum atomic E-state index is 0.558. The lowest BCUT2D eigenvalue weighted by atomic mass is 10.0. The van der Waals surface area contributed by atoms with Crippen molar-refractivity contribution in [2.45, 2.75) is 439 Å². The molecule has 6 heterocycles. The van der Waals surface area contributed by atoms with Crippen LogP contribution in [0.3, 0.4) is 0 Å². The summed E-state index contributed by atoms with van der Waals surface area (Å²) in [5, 5.41) is 0. The lowest BCUT2D eigenvalue weighted by Gasteiger charge is -2.14. The van der Waals surface area contributed by atoms with Gasteiger partial charge in [-0.1, -0.05) is 485 Å². The van der Waals surface area contributed by atoms with Gasteiger partial charge in [0.2, 0.25) is 0 Å². The Hall–Kier alpha value is -10.8. The maximum atomic E-state index is 6.96. The van der Waals surface area contributed by atoms with Gasteiger partial charge in [-0.25, -0.2) is 9.97 Å². The summed E-state index contributed by atoms with van der Waals surface area (Å²) in [4.78, 5) is 28.9. The molecular weight excluding hydrogens is 1760 g/mol. The second kappa shape index (κ2) is 75.9. The van der Waals surface area contributed by atoms with Gasteiger partial charge in [0, 0.05) is 60.2 Å². The Labute approximate surface area is 874 Å². The molecule has 0 unspecified atom stereocenters. The number of benzene rings is 4. The molecule has 0 aliphatic heterocycles. The molecule has 0 amide bonds. The third-order valence-electron chi connectivity index (χ3n) is 28.1. The van der Waals surface area contributed by atoms with E-state index in [1.54, 1.807) is 0 Å². The van der Waals surface area contributed by atoms with E-state index in [-0.39, 0.29) is 0 Å². The number of aromatic nitrogens is 6. The molecule has 10 heteroatoms. The van der Waals surface area contributed by atoms with Crippen LogP contribution in [0, 0.1) is 47.4 Å². The highest BCUT2D eigenvalue weighted by Gasteiger charge is 2.18. The Morgan fingerprint density at radius 2 is 0.361 bits per heavy atom. The van der Waals surface area contributed by atoms with E-state index in [0.29, 0.717) is 49.4 Å². The molecule has 4 aromatic carbocycles. The monoisotopic (exact) mass is 1940 g/mol. The van der Waals surface area contributed by atoms with E-state index in [1.165, 1.54) is 360 Å². The fraction of sp³-hybridized carbons (Fsp3) is 0.537. The van der Waals surface area contributed by atoms with Crippen LogP contribution in [0.5, 0.6) is 23.0 Å². The zero-order valence-electron chi connectivity index (χ0n) is 89.9. The van der Waals surface area contributed by atoms with Crippen molar-refractivity contribution in [2.75, 3.05) is 26.4 Å². The Morgan fingerprint density at radius 1 is 0.174 bits per heavy atom. The van der Waals surface area contributed by atoms with Gasteiger partial charge in [-0.3, -0.25) is 19.9 Å². The highest BCUT2D eigenvalue weighted by molar-refractivity contribution is 5.77. The van der Waals surface area contributed by atoms with Gasteiger partial charge in [0.05, 0.1) is 94.2 Å². The quantitative estimate of drug-likeness (QED) is 0.0270. The zero-order chi connectivity index (χ0) is 100. The van der Waals surface area contributed by atoms with Crippen molar-refractivity contribution >= 4 is 0 Å². The van der Waals surface area contributed by atoms with Crippen molar-refractivity contribution in [1.82, 2.24) is 29.9 Å². The van der Waals surface area contributed by atoms with Crippen LogP contribution >= 0.6 is 0 Å². The lowest BCUT2D eigenvalue weighted by molar-refractivity contribution is 0.295. The highest BCUT2D eigenvalue weighted by atomic mass is 16.5. The van der Waals surface area contributed by atoms with Crippen LogP contribution < -0.4 is 18.9 Å². The number of rotatable bonds is 78. The van der Waals surface area contributed by atoms with Crippen LogP contribution in [-0.4, -0.2) is 56.3 Å².